The molecule has 0 aliphatic heterocycles. The molecule has 0 aromatic heterocycles. The maximum Gasteiger partial charge on any atom is 0.331 e. The van der Waals surface area contributed by atoms with Crippen molar-refractivity contribution in [3.05, 3.63) is 11.1 Å². The minimum absolute atomic E-state index is 0.0240. The second-order valence-corrected chi connectivity index (χ2v) is 6.21. The van der Waals surface area contributed by atoms with Crippen LogP contribution in [0.3, 0.4) is 0 Å². The second kappa shape index (κ2) is 6.78. The SMILES string of the molecule is CSC1(CNC(=O)NC(=O)C(C)=C(C)C(=O)O)CCC1. The number of imide groups is 1. The van der Waals surface area contributed by atoms with Gasteiger partial charge in [0.05, 0.1) is 0 Å². The molecule has 20 heavy (non-hydrogen) atoms. The van der Waals surface area contributed by atoms with Crippen molar-refractivity contribution in [2.24, 2.45) is 0 Å². The summed E-state index contributed by atoms with van der Waals surface area (Å²) in [7, 11) is 0. The van der Waals surface area contributed by atoms with Gasteiger partial charge in [-0.2, -0.15) is 11.8 Å². The van der Waals surface area contributed by atoms with Crippen LogP contribution in [0.4, 0.5) is 4.79 Å². The van der Waals surface area contributed by atoms with Gasteiger partial charge >= 0.3 is 12.0 Å². The Bertz CT molecular complexity index is 450. The highest BCUT2D eigenvalue weighted by molar-refractivity contribution is 8.00. The van der Waals surface area contributed by atoms with E-state index in [2.05, 4.69) is 10.6 Å². The summed E-state index contributed by atoms with van der Waals surface area (Å²) in [5, 5.41) is 13.6. The van der Waals surface area contributed by atoms with Crippen LogP contribution >= 0.6 is 11.8 Å². The van der Waals surface area contributed by atoms with Gasteiger partial charge in [-0.15, -0.1) is 0 Å². The van der Waals surface area contributed by atoms with E-state index < -0.39 is 17.9 Å². The lowest BCUT2D eigenvalue weighted by atomic mass is 9.84. The lowest BCUT2D eigenvalue weighted by Gasteiger charge is -2.40. The van der Waals surface area contributed by atoms with Gasteiger partial charge in [-0.25, -0.2) is 9.59 Å². The number of hydrogen-bond acceptors (Lipinski definition) is 4. The first-order valence-corrected chi connectivity index (χ1v) is 7.59. The van der Waals surface area contributed by atoms with Crippen LogP contribution in [0.15, 0.2) is 11.1 Å². The van der Waals surface area contributed by atoms with E-state index in [4.69, 9.17) is 5.11 Å². The topological polar surface area (TPSA) is 95.5 Å². The van der Waals surface area contributed by atoms with Crippen molar-refractivity contribution < 1.29 is 19.5 Å². The molecule has 7 heteroatoms. The fourth-order valence-corrected chi connectivity index (χ4v) is 2.75. The summed E-state index contributed by atoms with van der Waals surface area (Å²) in [6.45, 7) is 3.21. The predicted molar refractivity (Wildman–Crippen MR) is 77.6 cm³/mol. The number of carbonyl (C=O) groups excluding carboxylic acids is 2. The van der Waals surface area contributed by atoms with E-state index in [1.54, 1.807) is 11.8 Å². The van der Waals surface area contributed by atoms with Crippen LogP contribution < -0.4 is 10.6 Å². The summed E-state index contributed by atoms with van der Waals surface area (Å²) in [4.78, 5) is 34.0. The third-order valence-electron chi connectivity index (χ3n) is 3.72. The van der Waals surface area contributed by atoms with Gasteiger partial charge in [0.25, 0.3) is 5.91 Å². The van der Waals surface area contributed by atoms with Gasteiger partial charge < -0.3 is 10.4 Å². The molecule has 1 aliphatic carbocycles. The number of nitrogens with one attached hydrogen (secondary N) is 2. The fourth-order valence-electron chi connectivity index (χ4n) is 1.84. The van der Waals surface area contributed by atoms with Crippen molar-refractivity contribution in [3.63, 3.8) is 0 Å². The van der Waals surface area contributed by atoms with Crippen LogP contribution in [0.5, 0.6) is 0 Å². The van der Waals surface area contributed by atoms with Crippen molar-refractivity contribution >= 4 is 29.7 Å². The molecule has 6 nitrogen and oxygen atoms in total. The number of hydrogen-bond donors (Lipinski definition) is 3. The summed E-state index contributed by atoms with van der Waals surface area (Å²) in [6.07, 6.45) is 5.27. The van der Waals surface area contributed by atoms with Crippen molar-refractivity contribution in [1.29, 1.82) is 0 Å². The Labute approximate surface area is 122 Å². The Morgan fingerprint density at radius 2 is 1.80 bits per heavy atom. The van der Waals surface area contributed by atoms with Crippen LogP contribution in [0.2, 0.25) is 0 Å². The average molecular weight is 300 g/mol. The number of thioether (sulfide) groups is 1. The van der Waals surface area contributed by atoms with Crippen molar-refractivity contribution in [2.45, 2.75) is 37.9 Å². The Balaban J connectivity index is 2.48. The Morgan fingerprint density at radius 3 is 2.20 bits per heavy atom. The van der Waals surface area contributed by atoms with E-state index in [0.717, 1.165) is 19.3 Å². The molecule has 0 aromatic carbocycles. The summed E-state index contributed by atoms with van der Waals surface area (Å²) in [5.41, 5.74) is -0.0502. The molecule has 0 atom stereocenters. The molecule has 0 radical (unpaired) electrons. The maximum absolute atomic E-state index is 11.7. The van der Waals surface area contributed by atoms with E-state index in [-0.39, 0.29) is 15.9 Å². The largest absolute Gasteiger partial charge is 0.478 e. The van der Waals surface area contributed by atoms with Crippen LogP contribution in [0.1, 0.15) is 33.1 Å². The number of amides is 3. The monoisotopic (exact) mass is 300 g/mol. The molecule has 112 valence electrons. The number of urea groups is 1. The number of rotatable bonds is 5. The molecule has 1 rings (SSSR count). The minimum atomic E-state index is -1.17. The first-order chi connectivity index (χ1) is 9.31. The molecule has 0 unspecified atom stereocenters. The smallest absolute Gasteiger partial charge is 0.331 e. The minimum Gasteiger partial charge on any atom is -0.478 e. The molecule has 0 aromatic rings. The van der Waals surface area contributed by atoms with E-state index in [1.807, 2.05) is 6.26 Å². The molecule has 0 heterocycles. The Morgan fingerprint density at radius 1 is 1.20 bits per heavy atom. The molecule has 3 amide bonds. The van der Waals surface area contributed by atoms with Crippen molar-refractivity contribution in [1.82, 2.24) is 10.6 Å². The van der Waals surface area contributed by atoms with E-state index in [9.17, 15) is 14.4 Å². The highest BCUT2D eigenvalue weighted by atomic mass is 32.2. The van der Waals surface area contributed by atoms with Crippen molar-refractivity contribution in [2.75, 3.05) is 12.8 Å². The maximum atomic E-state index is 11.7. The van der Waals surface area contributed by atoms with Gasteiger partial charge in [-0.05, 0) is 32.9 Å². The first-order valence-electron chi connectivity index (χ1n) is 6.36. The number of carboxylic acids is 1. The second-order valence-electron chi connectivity index (χ2n) is 4.93. The Hall–Kier alpha value is -1.50. The zero-order valence-corrected chi connectivity index (χ0v) is 12.7. The molecular weight excluding hydrogens is 280 g/mol. The van der Waals surface area contributed by atoms with Crippen LogP contribution in [-0.2, 0) is 9.59 Å². The molecular formula is C13H20N2O4S. The normalized spacial score (nSPS) is 17.6. The van der Waals surface area contributed by atoms with Gasteiger partial charge in [-0.3, -0.25) is 10.1 Å². The highest BCUT2D eigenvalue weighted by Gasteiger charge is 2.36. The number of carboxylic acid groups (broad SMARTS) is 1. The molecule has 1 saturated carbocycles. The predicted octanol–water partition coefficient (Wildman–Crippen LogP) is 1.52. The average Bonchev–Trinajstić information content (AvgIpc) is 2.35. The van der Waals surface area contributed by atoms with Crippen LogP contribution in [0.25, 0.3) is 0 Å². The molecule has 0 spiro atoms. The van der Waals surface area contributed by atoms with E-state index >= 15 is 0 Å². The summed E-state index contributed by atoms with van der Waals surface area (Å²) >= 11 is 1.72. The van der Waals surface area contributed by atoms with Crippen LogP contribution in [0, 0.1) is 0 Å². The van der Waals surface area contributed by atoms with Crippen molar-refractivity contribution in [3.8, 4) is 0 Å². The Kier molecular flexibility index (Phi) is 5.62. The summed E-state index contributed by atoms with van der Waals surface area (Å²) in [5.74, 6) is -1.86. The number of carbonyl (C=O) groups is 3. The van der Waals surface area contributed by atoms with Gasteiger partial charge in [0, 0.05) is 22.4 Å². The summed E-state index contributed by atoms with van der Waals surface area (Å²) < 4.78 is 0.0856. The fraction of sp³-hybridized carbons (Fsp3) is 0.615. The highest BCUT2D eigenvalue weighted by Crippen LogP contribution is 2.42. The molecule has 0 bridgehead atoms. The van der Waals surface area contributed by atoms with Gasteiger partial charge in [0.1, 0.15) is 0 Å². The quantitative estimate of drug-likeness (QED) is 0.669. The number of aliphatic carboxylic acids is 1. The third-order valence-corrected chi connectivity index (χ3v) is 5.14. The lowest BCUT2D eigenvalue weighted by Crippen LogP contribution is -2.49. The summed E-state index contributed by atoms with van der Waals surface area (Å²) in [6, 6.07) is -0.590. The van der Waals surface area contributed by atoms with Crippen LogP contribution in [-0.4, -0.2) is 40.6 Å². The first kappa shape index (κ1) is 16.6. The van der Waals surface area contributed by atoms with Gasteiger partial charge in [0.15, 0.2) is 0 Å². The van der Waals surface area contributed by atoms with E-state index in [0.29, 0.717) is 6.54 Å². The molecule has 1 fully saturated rings. The molecule has 0 saturated heterocycles. The molecule has 3 N–H and O–H groups in total. The van der Waals surface area contributed by atoms with Gasteiger partial charge in [0.2, 0.25) is 0 Å². The third kappa shape index (κ3) is 4.00. The lowest BCUT2D eigenvalue weighted by molar-refractivity contribution is -0.133. The van der Waals surface area contributed by atoms with E-state index in [1.165, 1.54) is 13.8 Å². The zero-order valence-electron chi connectivity index (χ0n) is 11.9. The standard InChI is InChI=1S/C13H20N2O4S/c1-8(9(2)11(17)18)10(16)15-12(19)14-7-13(20-3)5-4-6-13/h4-7H2,1-3H3,(H,17,18)(H2,14,15,16,19). The zero-order chi connectivity index (χ0) is 15.3. The molecule has 1 aliphatic rings. The van der Waals surface area contributed by atoms with Gasteiger partial charge in [-0.1, -0.05) is 6.42 Å².